The van der Waals surface area contributed by atoms with E-state index in [4.69, 9.17) is 37.4 Å². The maximum atomic E-state index is 12.4. The lowest BCUT2D eigenvalue weighted by Gasteiger charge is -2.31. The highest BCUT2D eigenvalue weighted by molar-refractivity contribution is 7.10. The Bertz CT molecular complexity index is 1210. The van der Waals surface area contributed by atoms with Gasteiger partial charge in [0.25, 0.3) is 0 Å². The highest BCUT2D eigenvalue weighted by Gasteiger charge is 2.31. The molecule has 1 atom stereocenters. The average molecular weight is 483 g/mol. The fourth-order valence-corrected chi connectivity index (χ4v) is 4.46. The van der Waals surface area contributed by atoms with Crippen LogP contribution in [0.2, 0.25) is 10.2 Å². The van der Waals surface area contributed by atoms with Crippen molar-refractivity contribution in [3.05, 3.63) is 60.7 Å². The third-order valence-electron chi connectivity index (χ3n) is 4.64. The summed E-state index contributed by atoms with van der Waals surface area (Å²) >= 11 is 13.9. The largest absolute Gasteiger partial charge is 0.492 e. The molecule has 0 aliphatic carbocycles. The molecule has 8 nitrogen and oxygen atoms in total. The number of halogens is 2. The zero-order chi connectivity index (χ0) is 22.1. The van der Waals surface area contributed by atoms with E-state index in [-0.39, 0.29) is 10.7 Å². The maximum absolute atomic E-state index is 12.4. The quantitative estimate of drug-likeness (QED) is 0.500. The topological polar surface area (TPSA) is 99.9 Å². The number of carbonyl (C=O) groups is 1. The molecule has 0 bridgehead atoms. The third kappa shape index (κ3) is 4.14. The van der Waals surface area contributed by atoms with Gasteiger partial charge in [-0.2, -0.15) is 0 Å². The molecule has 1 aliphatic rings. The predicted octanol–water partition coefficient (Wildman–Crippen LogP) is 4.33. The van der Waals surface area contributed by atoms with Gasteiger partial charge in [0.05, 0.1) is 22.8 Å². The lowest BCUT2D eigenvalue weighted by molar-refractivity contribution is 0.0693. The van der Waals surface area contributed by atoms with Crippen LogP contribution in [-0.4, -0.2) is 41.0 Å². The molecule has 0 amide bonds. The van der Waals surface area contributed by atoms with Crippen LogP contribution in [0.1, 0.15) is 27.9 Å². The van der Waals surface area contributed by atoms with Gasteiger partial charge in [0.15, 0.2) is 5.43 Å². The summed E-state index contributed by atoms with van der Waals surface area (Å²) in [6, 6.07) is 4.52. The smallest absolute Gasteiger partial charge is 0.341 e. The van der Waals surface area contributed by atoms with Crippen LogP contribution in [0.5, 0.6) is 11.5 Å². The molecule has 0 saturated carbocycles. The normalized spacial score (nSPS) is 14.5. The Morgan fingerprint density at radius 3 is 2.81 bits per heavy atom. The molecular formula is C20H16Cl2N2O6S. The van der Waals surface area contributed by atoms with Crippen molar-refractivity contribution in [1.29, 1.82) is 0 Å². The number of benzene rings is 1. The minimum atomic E-state index is -1.34. The summed E-state index contributed by atoms with van der Waals surface area (Å²) in [6.45, 7) is 0.946. The molecule has 0 unspecified atom stereocenters. The van der Waals surface area contributed by atoms with Crippen LogP contribution in [0.15, 0.2) is 34.7 Å². The van der Waals surface area contributed by atoms with Crippen molar-refractivity contribution in [2.75, 3.05) is 20.3 Å². The molecule has 0 spiro atoms. The second-order valence-corrected chi connectivity index (χ2v) is 8.25. The average Bonchev–Trinajstić information content (AvgIpc) is 3.16. The van der Waals surface area contributed by atoms with Crippen LogP contribution in [0, 0.1) is 0 Å². The molecule has 2 aromatic heterocycles. The van der Waals surface area contributed by atoms with Gasteiger partial charge in [-0.1, -0.05) is 23.2 Å². The van der Waals surface area contributed by atoms with E-state index >= 15 is 0 Å². The molecule has 3 aromatic rings. The molecule has 3 heterocycles. The molecule has 4 rings (SSSR count). The van der Waals surface area contributed by atoms with Crippen LogP contribution in [0.3, 0.4) is 0 Å². The molecule has 11 heteroatoms. The van der Waals surface area contributed by atoms with E-state index in [0.29, 0.717) is 52.3 Å². The van der Waals surface area contributed by atoms with Crippen molar-refractivity contribution in [3.63, 3.8) is 0 Å². The van der Waals surface area contributed by atoms with Crippen LogP contribution in [0.25, 0.3) is 11.3 Å². The van der Waals surface area contributed by atoms with E-state index in [2.05, 4.69) is 4.98 Å². The number of ether oxygens (including phenoxy) is 3. The van der Waals surface area contributed by atoms with Crippen molar-refractivity contribution in [2.24, 2.45) is 0 Å². The summed E-state index contributed by atoms with van der Waals surface area (Å²) in [5.74, 6) is -0.496. The van der Waals surface area contributed by atoms with E-state index in [0.717, 1.165) is 0 Å². The first-order valence-corrected chi connectivity index (χ1v) is 10.7. The number of fused-ring (bicyclic) bond motifs is 3. The van der Waals surface area contributed by atoms with Gasteiger partial charge in [0.2, 0.25) is 6.23 Å². The van der Waals surface area contributed by atoms with E-state index in [1.54, 1.807) is 29.3 Å². The van der Waals surface area contributed by atoms with Gasteiger partial charge in [-0.15, -0.1) is 11.3 Å². The Morgan fingerprint density at radius 1 is 1.32 bits per heavy atom. The number of methoxy groups -OCH3 is 1. The first-order valence-electron chi connectivity index (χ1n) is 9.11. The number of carboxylic acids is 1. The Kier molecular flexibility index (Phi) is 6.19. The molecule has 1 aliphatic heterocycles. The van der Waals surface area contributed by atoms with Crippen molar-refractivity contribution in [3.8, 4) is 22.8 Å². The summed E-state index contributed by atoms with van der Waals surface area (Å²) in [7, 11) is 1.61. The second kappa shape index (κ2) is 8.88. The summed E-state index contributed by atoms with van der Waals surface area (Å²) < 4.78 is 18.5. The number of thiazole rings is 1. The summed E-state index contributed by atoms with van der Waals surface area (Å²) in [4.78, 5) is 28.5. The Labute approximate surface area is 190 Å². The van der Waals surface area contributed by atoms with Crippen LogP contribution >= 0.6 is 34.5 Å². The number of carboxylic acid groups (broad SMARTS) is 1. The monoisotopic (exact) mass is 482 g/mol. The zero-order valence-electron chi connectivity index (χ0n) is 16.1. The van der Waals surface area contributed by atoms with E-state index < -0.39 is 17.6 Å². The van der Waals surface area contributed by atoms with Gasteiger partial charge in [-0.25, -0.2) is 9.78 Å². The van der Waals surface area contributed by atoms with Gasteiger partial charge >= 0.3 is 5.97 Å². The Balaban J connectivity index is 1.84. The number of aromatic nitrogens is 2. The lowest BCUT2D eigenvalue weighted by Crippen LogP contribution is -2.27. The second-order valence-electron chi connectivity index (χ2n) is 6.60. The fraction of sp³-hybridized carbons (Fsp3) is 0.250. The Morgan fingerprint density at radius 2 is 2.13 bits per heavy atom. The molecule has 1 N–H and O–H groups in total. The van der Waals surface area contributed by atoms with E-state index in [1.807, 2.05) is 0 Å². The van der Waals surface area contributed by atoms with Crippen LogP contribution in [-0.2, 0) is 4.74 Å². The predicted molar refractivity (Wildman–Crippen MR) is 116 cm³/mol. The third-order valence-corrected chi connectivity index (χ3v) is 6.20. The summed E-state index contributed by atoms with van der Waals surface area (Å²) in [5.41, 5.74) is 1.52. The van der Waals surface area contributed by atoms with Crippen LogP contribution in [0.4, 0.5) is 0 Å². The summed E-state index contributed by atoms with van der Waals surface area (Å²) in [5, 5.41) is 9.95. The van der Waals surface area contributed by atoms with Gasteiger partial charge in [0, 0.05) is 44.0 Å². The van der Waals surface area contributed by atoms with Gasteiger partial charge in [-0.05, 0) is 6.07 Å². The maximum Gasteiger partial charge on any atom is 0.341 e. The minimum absolute atomic E-state index is 0.227. The number of pyridine rings is 1. The van der Waals surface area contributed by atoms with Gasteiger partial charge in [0.1, 0.15) is 27.1 Å². The lowest BCUT2D eigenvalue weighted by atomic mass is 10.1. The number of rotatable bonds is 7. The molecular weight excluding hydrogens is 467 g/mol. The summed E-state index contributed by atoms with van der Waals surface area (Å²) in [6.07, 6.45) is 1.11. The highest BCUT2D eigenvalue weighted by atomic mass is 35.5. The molecule has 0 radical (unpaired) electrons. The fourth-order valence-electron chi connectivity index (χ4n) is 3.21. The molecule has 1 aromatic carbocycles. The number of nitrogens with zero attached hydrogens (tertiary/aromatic N) is 2. The SMILES string of the molecule is COCCCOc1cc2c(cc1Cl)-c1cc(=O)c(C(=O)O)cn1[C@H](c1scnc1Cl)O2. The first kappa shape index (κ1) is 21.6. The number of hydrogen-bond acceptors (Lipinski definition) is 7. The number of hydrogen-bond donors (Lipinski definition) is 1. The van der Waals surface area contributed by atoms with Crippen molar-refractivity contribution >= 4 is 40.5 Å². The molecule has 0 fully saturated rings. The zero-order valence-corrected chi connectivity index (χ0v) is 18.5. The minimum Gasteiger partial charge on any atom is -0.492 e. The van der Waals surface area contributed by atoms with Crippen molar-refractivity contribution < 1.29 is 24.1 Å². The van der Waals surface area contributed by atoms with Crippen molar-refractivity contribution in [1.82, 2.24) is 9.55 Å². The first-order chi connectivity index (χ1) is 14.9. The number of aromatic carboxylic acids is 1. The van der Waals surface area contributed by atoms with Crippen LogP contribution < -0.4 is 14.9 Å². The Hall–Kier alpha value is -2.59. The van der Waals surface area contributed by atoms with E-state index in [9.17, 15) is 14.7 Å². The molecule has 31 heavy (non-hydrogen) atoms. The van der Waals surface area contributed by atoms with Gasteiger partial charge in [-0.3, -0.25) is 4.79 Å². The van der Waals surface area contributed by atoms with Crippen molar-refractivity contribution in [2.45, 2.75) is 12.6 Å². The molecule has 0 saturated heterocycles. The van der Waals surface area contributed by atoms with Gasteiger partial charge < -0.3 is 23.9 Å². The van der Waals surface area contributed by atoms with E-state index in [1.165, 1.54) is 23.6 Å². The standard InChI is InChI=1S/C20H16Cl2N2O6S/c1-28-3-2-4-29-16-7-15-10(5-12(16)21)13-6-14(25)11(20(26)27)8-24(13)19(30-15)17-18(22)23-9-31-17/h5-9,19H,2-4H2,1H3,(H,26,27)/t19-/m0/s1. The highest BCUT2D eigenvalue weighted by Crippen LogP contribution is 2.46. The molecule has 162 valence electrons.